The van der Waals surface area contributed by atoms with Crippen molar-refractivity contribution < 1.29 is 13.6 Å². The van der Waals surface area contributed by atoms with Crippen molar-refractivity contribution in [1.82, 2.24) is 0 Å². The van der Waals surface area contributed by atoms with Gasteiger partial charge in [-0.25, -0.2) is 0 Å². The molecule has 0 saturated heterocycles. The van der Waals surface area contributed by atoms with Crippen LogP contribution >= 0.6 is 0 Å². The van der Waals surface area contributed by atoms with E-state index in [1.54, 1.807) is 0 Å². The van der Waals surface area contributed by atoms with Crippen LogP contribution in [0.4, 0.5) is 0 Å². The Morgan fingerprint density at radius 3 is 1.72 bits per heavy atom. The van der Waals surface area contributed by atoms with Crippen molar-refractivity contribution in [2.24, 2.45) is 5.92 Å². The van der Waals surface area contributed by atoms with Gasteiger partial charge >= 0.3 is 0 Å². The Morgan fingerprint density at radius 2 is 1.34 bits per heavy atom. The van der Waals surface area contributed by atoms with Gasteiger partial charge < -0.3 is 8.85 Å². The number of hydrogen-bond donors (Lipinski definition) is 0. The highest BCUT2D eigenvalue weighted by atomic mass is 28.4. The summed E-state index contributed by atoms with van der Waals surface area (Å²) in [5, 5.41) is 0.0938. The molecule has 2 saturated carbocycles. The van der Waals surface area contributed by atoms with E-state index < -0.39 is 8.32 Å². The molecular weight excluding hydrogens is 392 g/mol. The van der Waals surface area contributed by atoms with E-state index in [0.29, 0.717) is 20.8 Å². The normalized spacial score (nSPS) is 21.8. The van der Waals surface area contributed by atoms with Crippen LogP contribution < -0.4 is 0 Å². The highest BCUT2D eigenvalue weighted by molar-refractivity contribution is 6.80. The van der Waals surface area contributed by atoms with Crippen LogP contribution in [0, 0.1) is 5.92 Å². The summed E-state index contributed by atoms with van der Waals surface area (Å²) < 4.78 is 12.8. The fourth-order valence-electron chi connectivity index (χ4n) is 5.67. The fourth-order valence-corrected chi connectivity index (χ4v) is 13.4. The van der Waals surface area contributed by atoms with E-state index >= 15 is 0 Å². The maximum Gasteiger partial charge on any atom is 0.295 e. The van der Waals surface area contributed by atoms with Crippen LogP contribution in [0.15, 0.2) is 0 Å². The molecule has 29 heavy (non-hydrogen) atoms. The summed E-state index contributed by atoms with van der Waals surface area (Å²) in [6.45, 7) is 15.4. The lowest BCUT2D eigenvalue weighted by molar-refractivity contribution is -0.139. The second-order valence-electron chi connectivity index (χ2n) is 11.6. The molecule has 1 atom stereocenters. The molecule has 5 heteroatoms. The molecule has 0 aromatic heterocycles. The minimum Gasteiger partial charge on any atom is -0.518 e. The van der Waals surface area contributed by atoms with E-state index in [0.717, 1.165) is 6.04 Å². The largest absolute Gasteiger partial charge is 0.518 e. The molecule has 0 bridgehead atoms. The molecular formula is C24H46O3Si2. The molecule has 168 valence electrons. The quantitative estimate of drug-likeness (QED) is 0.388. The van der Waals surface area contributed by atoms with Crippen molar-refractivity contribution in [3.8, 4) is 0 Å². The molecule has 2 aliphatic rings. The van der Waals surface area contributed by atoms with E-state index in [1.807, 2.05) is 6.92 Å². The average molecular weight is 439 g/mol. The first-order chi connectivity index (χ1) is 13.5. The van der Waals surface area contributed by atoms with Gasteiger partial charge in [-0.2, -0.15) is 0 Å². The molecule has 0 amide bonds. The molecule has 0 spiro atoms. The standard InChI is InChI=1S/C24H46O3Si2/c1-19(18-28-27-23(2,3)4)22(25)26-29(24(5,6)7,20-14-10-8-11-15-20)21-16-12-9-13-17-21/h19-21H,8-18H2,1-7H3. The molecule has 2 rings (SSSR count). The molecule has 0 heterocycles. The summed E-state index contributed by atoms with van der Waals surface area (Å²) in [5.41, 5.74) is 1.14. The second-order valence-corrected chi connectivity index (χ2v) is 17.4. The van der Waals surface area contributed by atoms with Crippen molar-refractivity contribution in [2.45, 2.75) is 140 Å². The maximum atomic E-state index is 13.4. The van der Waals surface area contributed by atoms with Gasteiger partial charge in [0.2, 0.25) is 9.76 Å². The number of carbonyl (C=O) groups excluding carboxylic acids is 1. The van der Waals surface area contributed by atoms with Crippen molar-refractivity contribution in [1.29, 1.82) is 0 Å². The van der Waals surface area contributed by atoms with E-state index in [2.05, 4.69) is 41.5 Å². The lowest BCUT2D eigenvalue weighted by Gasteiger charge is -2.53. The van der Waals surface area contributed by atoms with Gasteiger partial charge in [0, 0.05) is 5.60 Å². The maximum absolute atomic E-state index is 13.4. The Balaban J connectivity index is 2.22. The summed E-state index contributed by atoms with van der Waals surface area (Å²) in [5.74, 6) is -0.00941. The molecule has 0 aromatic carbocycles. The van der Waals surface area contributed by atoms with Crippen LogP contribution in [0.3, 0.4) is 0 Å². The van der Waals surface area contributed by atoms with Crippen LogP contribution in [0.5, 0.6) is 0 Å². The molecule has 0 N–H and O–H groups in total. The molecule has 3 nitrogen and oxygen atoms in total. The van der Waals surface area contributed by atoms with E-state index in [4.69, 9.17) is 8.85 Å². The molecule has 2 radical (unpaired) electrons. The topological polar surface area (TPSA) is 35.5 Å². The molecule has 2 fully saturated rings. The Labute approximate surface area is 184 Å². The first-order valence-electron chi connectivity index (χ1n) is 12.1. The van der Waals surface area contributed by atoms with Crippen molar-refractivity contribution in [3.63, 3.8) is 0 Å². The Morgan fingerprint density at radius 1 is 0.897 bits per heavy atom. The summed E-state index contributed by atoms with van der Waals surface area (Å²) in [6, 6.07) is 0.778. The zero-order valence-corrected chi connectivity index (χ0v) is 22.2. The van der Waals surface area contributed by atoms with Gasteiger partial charge in [-0.1, -0.05) is 66.2 Å². The minimum absolute atomic E-state index is 0.0627. The summed E-state index contributed by atoms with van der Waals surface area (Å²) in [7, 11) is -1.93. The third kappa shape index (κ3) is 6.67. The van der Waals surface area contributed by atoms with Crippen LogP contribution in [-0.4, -0.2) is 29.7 Å². The Bertz CT molecular complexity index is 491. The van der Waals surface area contributed by atoms with Crippen LogP contribution in [0.1, 0.15) is 113 Å². The second kappa shape index (κ2) is 10.5. The molecule has 0 aromatic rings. The van der Waals surface area contributed by atoms with Crippen LogP contribution in [-0.2, 0) is 13.6 Å². The van der Waals surface area contributed by atoms with Crippen molar-refractivity contribution in [3.05, 3.63) is 0 Å². The zero-order chi connectivity index (χ0) is 21.7. The van der Waals surface area contributed by atoms with Crippen LogP contribution in [0.25, 0.3) is 0 Å². The van der Waals surface area contributed by atoms with Gasteiger partial charge in [-0.3, -0.25) is 4.79 Å². The van der Waals surface area contributed by atoms with E-state index in [1.165, 1.54) is 64.2 Å². The average Bonchev–Trinajstić information content (AvgIpc) is 2.65. The van der Waals surface area contributed by atoms with Crippen molar-refractivity contribution in [2.75, 3.05) is 0 Å². The number of rotatable bonds is 7. The van der Waals surface area contributed by atoms with Gasteiger partial charge in [0.1, 0.15) is 0 Å². The summed E-state index contributed by atoms with van der Waals surface area (Å²) in [6.07, 6.45) is 13.1. The monoisotopic (exact) mass is 438 g/mol. The SMILES string of the molecule is CC(C[Si]OC(C)(C)C)C(=O)O[Si](C1CCCCC1)(C1CCCCC1)C(C)(C)C. The predicted octanol–water partition coefficient (Wildman–Crippen LogP) is 7.43. The molecule has 2 aliphatic carbocycles. The summed E-state index contributed by atoms with van der Waals surface area (Å²) >= 11 is 0. The molecule has 0 aliphatic heterocycles. The third-order valence-electron chi connectivity index (χ3n) is 7.04. The lowest BCUT2D eigenvalue weighted by Crippen LogP contribution is -2.57. The van der Waals surface area contributed by atoms with E-state index in [-0.39, 0.29) is 22.5 Å². The number of hydrogen-bond acceptors (Lipinski definition) is 3. The smallest absolute Gasteiger partial charge is 0.295 e. The third-order valence-corrected chi connectivity index (χ3v) is 15.0. The predicted molar refractivity (Wildman–Crippen MR) is 126 cm³/mol. The Kier molecular flexibility index (Phi) is 9.06. The van der Waals surface area contributed by atoms with Gasteiger partial charge in [0.25, 0.3) is 14.3 Å². The number of carbonyl (C=O) groups is 1. The lowest BCUT2D eigenvalue weighted by atomic mass is 9.99. The fraction of sp³-hybridized carbons (Fsp3) is 0.958. The highest BCUT2D eigenvalue weighted by Crippen LogP contribution is 2.59. The first-order valence-corrected chi connectivity index (χ1v) is 15.3. The van der Waals surface area contributed by atoms with Gasteiger partial charge in [-0.15, -0.1) is 0 Å². The molecule has 1 unspecified atom stereocenters. The highest BCUT2D eigenvalue weighted by Gasteiger charge is 2.59. The first kappa shape index (κ1) is 25.1. The van der Waals surface area contributed by atoms with Crippen molar-refractivity contribution >= 4 is 24.0 Å². The van der Waals surface area contributed by atoms with Gasteiger partial charge in [-0.05, 0) is 68.6 Å². The minimum atomic E-state index is -2.28. The summed E-state index contributed by atoms with van der Waals surface area (Å²) in [4.78, 5) is 13.4. The Hall–Kier alpha value is -0.136. The van der Waals surface area contributed by atoms with Crippen LogP contribution in [0.2, 0.25) is 22.2 Å². The van der Waals surface area contributed by atoms with Gasteiger partial charge in [0.05, 0.1) is 5.92 Å². The van der Waals surface area contributed by atoms with Gasteiger partial charge in [0.15, 0.2) is 0 Å². The van der Waals surface area contributed by atoms with E-state index in [9.17, 15) is 4.79 Å². The zero-order valence-electron chi connectivity index (χ0n) is 20.2.